The summed E-state index contributed by atoms with van der Waals surface area (Å²) in [6.07, 6.45) is 10.3. The number of hydrogen-bond donors (Lipinski definition) is 0. The van der Waals surface area contributed by atoms with Gasteiger partial charge in [0.15, 0.2) is 5.65 Å². The predicted octanol–water partition coefficient (Wildman–Crippen LogP) is 4.90. The number of fused-ring (bicyclic) bond motifs is 1. The molecule has 0 bridgehead atoms. The summed E-state index contributed by atoms with van der Waals surface area (Å²) < 4.78 is 18.4. The van der Waals surface area contributed by atoms with Gasteiger partial charge >= 0.3 is 0 Å². The molecule has 0 unspecified atom stereocenters. The van der Waals surface area contributed by atoms with Gasteiger partial charge in [-0.3, -0.25) is 9.08 Å². The monoisotopic (exact) mass is 410 g/mol. The summed E-state index contributed by atoms with van der Waals surface area (Å²) in [5.74, 6) is 0. The zero-order chi connectivity index (χ0) is 20.0. The van der Waals surface area contributed by atoms with Gasteiger partial charge in [-0.15, -0.1) is 10.2 Å². The maximum absolute atomic E-state index is 14.9. The Morgan fingerprint density at radius 1 is 1.21 bits per heavy atom. The van der Waals surface area contributed by atoms with Crippen LogP contribution in [0.3, 0.4) is 0 Å². The quantitative estimate of drug-likeness (QED) is 0.449. The number of rotatable bonds is 4. The summed E-state index contributed by atoms with van der Waals surface area (Å²) >= 11 is 6.34. The lowest BCUT2D eigenvalue weighted by Gasteiger charge is -2.18. The van der Waals surface area contributed by atoms with Crippen molar-refractivity contribution in [2.24, 2.45) is 0 Å². The average molecular weight is 411 g/mol. The fraction of sp³-hybridized carbons (Fsp3) is 0.333. The van der Waals surface area contributed by atoms with E-state index in [2.05, 4.69) is 20.3 Å². The Kier molecular flexibility index (Phi) is 4.35. The van der Waals surface area contributed by atoms with Crippen LogP contribution < -0.4 is 0 Å². The van der Waals surface area contributed by atoms with Gasteiger partial charge in [0.1, 0.15) is 17.1 Å². The van der Waals surface area contributed by atoms with Crippen molar-refractivity contribution in [1.29, 1.82) is 0 Å². The first-order chi connectivity index (χ1) is 14.0. The SMILES string of the molecule is Cc1cc(-c2cnn(CC3(F)CCCC3)c2)c(-c2ccn3cnnc3c2)nc1Cl. The maximum atomic E-state index is 14.9. The van der Waals surface area contributed by atoms with Gasteiger partial charge in [-0.25, -0.2) is 9.37 Å². The van der Waals surface area contributed by atoms with E-state index in [1.54, 1.807) is 17.2 Å². The lowest BCUT2D eigenvalue weighted by atomic mass is 10.0. The second-order valence-corrected chi connectivity index (χ2v) is 8.15. The number of nitrogens with zero attached hydrogens (tertiary/aromatic N) is 6. The van der Waals surface area contributed by atoms with Crippen molar-refractivity contribution >= 4 is 17.2 Å². The Balaban J connectivity index is 1.57. The maximum Gasteiger partial charge on any atom is 0.161 e. The highest BCUT2D eigenvalue weighted by Crippen LogP contribution is 2.36. The molecule has 0 amide bonds. The molecule has 0 aromatic carbocycles. The van der Waals surface area contributed by atoms with Gasteiger partial charge < -0.3 is 0 Å². The topological polar surface area (TPSA) is 60.9 Å². The molecular weight excluding hydrogens is 391 g/mol. The third-order valence-corrected chi connectivity index (χ3v) is 6.00. The minimum Gasteiger partial charge on any atom is -0.289 e. The summed E-state index contributed by atoms with van der Waals surface area (Å²) in [6, 6.07) is 5.87. The molecular formula is C21H20ClFN6. The number of aryl methyl sites for hydroxylation is 1. The van der Waals surface area contributed by atoms with Crippen molar-refractivity contribution in [1.82, 2.24) is 29.4 Å². The Hall–Kier alpha value is -2.80. The summed E-state index contributed by atoms with van der Waals surface area (Å²) in [5.41, 5.74) is 3.85. The van der Waals surface area contributed by atoms with E-state index < -0.39 is 5.67 Å². The van der Waals surface area contributed by atoms with Crippen LogP contribution in [0, 0.1) is 6.92 Å². The first kappa shape index (κ1) is 18.2. The molecule has 4 aromatic rings. The molecule has 1 aliphatic rings. The van der Waals surface area contributed by atoms with E-state index in [-0.39, 0.29) is 6.54 Å². The van der Waals surface area contributed by atoms with E-state index >= 15 is 0 Å². The normalized spacial score (nSPS) is 16.0. The predicted molar refractivity (Wildman–Crippen MR) is 109 cm³/mol. The van der Waals surface area contributed by atoms with Crippen LogP contribution in [0.15, 0.2) is 43.1 Å². The largest absolute Gasteiger partial charge is 0.289 e. The highest BCUT2D eigenvalue weighted by Gasteiger charge is 2.34. The fourth-order valence-electron chi connectivity index (χ4n) is 4.04. The Labute approximate surface area is 172 Å². The minimum atomic E-state index is -1.15. The average Bonchev–Trinajstić information content (AvgIpc) is 3.44. The van der Waals surface area contributed by atoms with Gasteiger partial charge in [0.2, 0.25) is 0 Å². The fourth-order valence-corrected chi connectivity index (χ4v) is 4.18. The number of halogens is 2. The first-order valence-corrected chi connectivity index (χ1v) is 10.1. The van der Waals surface area contributed by atoms with Crippen molar-refractivity contribution in [3.63, 3.8) is 0 Å². The molecule has 0 N–H and O–H groups in total. The van der Waals surface area contributed by atoms with Gasteiger partial charge in [-0.1, -0.05) is 24.4 Å². The molecule has 4 heterocycles. The molecule has 0 aliphatic heterocycles. The summed E-state index contributed by atoms with van der Waals surface area (Å²) in [7, 11) is 0. The van der Waals surface area contributed by atoms with Gasteiger partial charge in [0.25, 0.3) is 0 Å². The van der Waals surface area contributed by atoms with Crippen molar-refractivity contribution in [2.75, 3.05) is 0 Å². The van der Waals surface area contributed by atoms with Gasteiger partial charge in [-0.05, 0) is 43.5 Å². The van der Waals surface area contributed by atoms with Crippen LogP contribution in [-0.4, -0.2) is 35.0 Å². The molecule has 8 heteroatoms. The Morgan fingerprint density at radius 3 is 2.86 bits per heavy atom. The van der Waals surface area contributed by atoms with Crippen molar-refractivity contribution < 1.29 is 4.39 Å². The first-order valence-electron chi connectivity index (χ1n) is 9.69. The van der Waals surface area contributed by atoms with E-state index in [1.165, 1.54) is 0 Å². The zero-order valence-corrected chi connectivity index (χ0v) is 16.8. The van der Waals surface area contributed by atoms with E-state index in [9.17, 15) is 4.39 Å². The lowest BCUT2D eigenvalue weighted by molar-refractivity contribution is 0.139. The number of pyridine rings is 2. The highest BCUT2D eigenvalue weighted by atomic mass is 35.5. The standard InChI is InChI=1S/C21H20ClFN6/c1-14-8-17(16-10-25-29(11-16)12-21(23)5-2-3-6-21)19(26-20(14)22)15-4-7-28-13-24-27-18(28)9-15/h4,7-11,13H,2-3,5-6,12H2,1H3. The summed E-state index contributed by atoms with van der Waals surface area (Å²) in [5, 5.41) is 12.9. The van der Waals surface area contributed by atoms with Crippen molar-refractivity contribution in [3.05, 3.63) is 53.8 Å². The Bertz CT molecular complexity index is 1190. The molecule has 6 nitrogen and oxygen atoms in total. The van der Waals surface area contributed by atoms with Crippen LogP contribution in [-0.2, 0) is 6.54 Å². The van der Waals surface area contributed by atoms with E-state index in [0.29, 0.717) is 18.0 Å². The number of aromatic nitrogens is 6. The van der Waals surface area contributed by atoms with Gasteiger partial charge in [-0.2, -0.15) is 5.10 Å². The van der Waals surface area contributed by atoms with Crippen LogP contribution in [0.4, 0.5) is 4.39 Å². The van der Waals surface area contributed by atoms with Crippen LogP contribution >= 0.6 is 11.6 Å². The van der Waals surface area contributed by atoms with Gasteiger partial charge in [0.05, 0.1) is 18.4 Å². The summed E-state index contributed by atoms with van der Waals surface area (Å²) in [6.45, 7) is 2.21. The molecule has 0 saturated heterocycles. The molecule has 29 heavy (non-hydrogen) atoms. The van der Waals surface area contributed by atoms with Crippen LogP contribution in [0.25, 0.3) is 28.0 Å². The molecule has 5 rings (SSSR count). The third-order valence-electron chi connectivity index (χ3n) is 5.61. The molecule has 0 radical (unpaired) electrons. The second kappa shape index (κ2) is 6.91. The molecule has 0 spiro atoms. The minimum absolute atomic E-state index is 0.286. The highest BCUT2D eigenvalue weighted by molar-refractivity contribution is 6.30. The number of alkyl halides is 1. The van der Waals surface area contributed by atoms with E-state index in [1.807, 2.05) is 41.9 Å². The van der Waals surface area contributed by atoms with Crippen molar-refractivity contribution in [3.8, 4) is 22.4 Å². The molecule has 0 atom stereocenters. The van der Waals surface area contributed by atoms with Gasteiger partial charge in [0, 0.05) is 29.1 Å². The number of hydrogen-bond acceptors (Lipinski definition) is 4. The Morgan fingerprint density at radius 2 is 2.03 bits per heavy atom. The molecule has 148 valence electrons. The lowest BCUT2D eigenvalue weighted by Crippen LogP contribution is -2.25. The zero-order valence-electron chi connectivity index (χ0n) is 16.0. The van der Waals surface area contributed by atoms with Crippen LogP contribution in [0.1, 0.15) is 31.2 Å². The smallest absolute Gasteiger partial charge is 0.161 e. The second-order valence-electron chi connectivity index (χ2n) is 7.79. The molecule has 1 fully saturated rings. The van der Waals surface area contributed by atoms with Crippen LogP contribution in [0.5, 0.6) is 0 Å². The van der Waals surface area contributed by atoms with E-state index in [4.69, 9.17) is 11.6 Å². The molecule has 1 saturated carbocycles. The molecule has 4 aromatic heterocycles. The van der Waals surface area contributed by atoms with E-state index in [0.717, 1.165) is 46.4 Å². The van der Waals surface area contributed by atoms with Crippen LogP contribution in [0.2, 0.25) is 5.15 Å². The molecule has 1 aliphatic carbocycles. The summed E-state index contributed by atoms with van der Waals surface area (Å²) in [4.78, 5) is 4.63. The van der Waals surface area contributed by atoms with Crippen molar-refractivity contribution in [2.45, 2.75) is 44.8 Å². The third kappa shape index (κ3) is 3.40.